The molecule has 0 N–H and O–H groups in total. The van der Waals surface area contributed by atoms with Crippen LogP contribution in [0.1, 0.15) is 44.4 Å². The van der Waals surface area contributed by atoms with Crippen molar-refractivity contribution < 1.29 is 4.52 Å². The molecule has 0 amide bonds. The Morgan fingerprint density at radius 1 is 1.06 bits per heavy atom. The van der Waals surface area contributed by atoms with Crippen molar-refractivity contribution in [1.82, 2.24) is 10.1 Å². The van der Waals surface area contributed by atoms with Crippen LogP contribution in [0.2, 0.25) is 0 Å². The van der Waals surface area contributed by atoms with Crippen molar-refractivity contribution in [3.05, 3.63) is 10.6 Å². The van der Waals surface area contributed by atoms with Gasteiger partial charge in [0.2, 0.25) is 10.6 Å². The number of nitrogens with zero attached hydrogens (tertiary/aromatic N) is 2. The molecule has 0 aromatic carbocycles. The number of aromatic nitrogens is 2. The monoisotopic (exact) mass is 282 g/mol. The second-order valence-corrected chi connectivity index (χ2v) is 6.78. The Morgan fingerprint density at radius 2 is 1.62 bits per heavy atom. The Hall–Kier alpha value is -0.380. The fourth-order valence-electron chi connectivity index (χ4n) is 4.79. The zero-order chi connectivity index (χ0) is 10.8. The van der Waals surface area contributed by atoms with E-state index in [9.17, 15) is 0 Å². The third-order valence-corrected chi connectivity index (χ3v) is 5.22. The largest absolute Gasteiger partial charge is 0.338 e. The Balaban J connectivity index is 1.76. The fraction of sp³-hybridized carbons (Fsp3) is 0.833. The predicted octanol–water partition coefficient (Wildman–Crippen LogP) is 3.30. The van der Waals surface area contributed by atoms with Crippen LogP contribution < -0.4 is 0 Å². The zero-order valence-corrected chi connectivity index (χ0v) is 10.7. The van der Waals surface area contributed by atoms with Crippen LogP contribution in [0.4, 0.5) is 0 Å². The molecule has 4 heteroatoms. The molecule has 5 rings (SSSR count). The SMILES string of the molecule is Brc1noc(C23CC4CC(CC(C4)C2)C3)n1. The molecule has 0 unspecified atom stereocenters. The number of halogens is 1. The van der Waals surface area contributed by atoms with Crippen LogP contribution in [0, 0.1) is 17.8 Å². The van der Waals surface area contributed by atoms with Gasteiger partial charge in [-0.3, -0.25) is 0 Å². The fourth-order valence-corrected chi connectivity index (χ4v) is 5.03. The van der Waals surface area contributed by atoms with Crippen LogP contribution in [0.5, 0.6) is 0 Å². The second-order valence-electron chi connectivity index (χ2n) is 6.07. The third-order valence-electron chi connectivity index (χ3n) is 4.89. The number of rotatable bonds is 1. The summed E-state index contributed by atoms with van der Waals surface area (Å²) in [6.07, 6.45) is 8.21. The standard InChI is InChI=1S/C12H15BrN2O/c13-11-14-10(16-15-11)12-4-7-1-8(5-12)3-9(2-7)6-12/h7-9H,1-6H2. The van der Waals surface area contributed by atoms with Gasteiger partial charge in [-0.05, 0) is 77.4 Å². The quantitative estimate of drug-likeness (QED) is 0.793. The summed E-state index contributed by atoms with van der Waals surface area (Å²) in [5, 5.41) is 3.90. The summed E-state index contributed by atoms with van der Waals surface area (Å²) in [7, 11) is 0. The summed E-state index contributed by atoms with van der Waals surface area (Å²) >= 11 is 3.30. The van der Waals surface area contributed by atoms with Gasteiger partial charge in [0, 0.05) is 0 Å². The van der Waals surface area contributed by atoms with Crippen LogP contribution in [-0.4, -0.2) is 10.1 Å². The molecule has 4 aliphatic rings. The van der Waals surface area contributed by atoms with E-state index in [4.69, 9.17) is 4.52 Å². The Bertz CT molecular complexity index is 393. The van der Waals surface area contributed by atoms with Gasteiger partial charge in [0.1, 0.15) is 0 Å². The lowest BCUT2D eigenvalue weighted by Gasteiger charge is -2.55. The Kier molecular flexibility index (Phi) is 1.86. The highest BCUT2D eigenvalue weighted by atomic mass is 79.9. The van der Waals surface area contributed by atoms with E-state index in [1.165, 1.54) is 38.5 Å². The van der Waals surface area contributed by atoms with Gasteiger partial charge in [0.25, 0.3) is 0 Å². The summed E-state index contributed by atoms with van der Waals surface area (Å²) in [6, 6.07) is 0. The maximum Gasteiger partial charge on any atom is 0.238 e. The molecule has 3 nitrogen and oxygen atoms in total. The van der Waals surface area contributed by atoms with E-state index in [2.05, 4.69) is 26.1 Å². The molecule has 0 radical (unpaired) electrons. The molecule has 4 bridgehead atoms. The Labute approximate surface area is 103 Å². The van der Waals surface area contributed by atoms with Crippen molar-refractivity contribution in [2.75, 3.05) is 0 Å². The van der Waals surface area contributed by atoms with E-state index in [1.807, 2.05) is 0 Å². The number of hydrogen-bond donors (Lipinski definition) is 0. The molecule has 1 aromatic rings. The second kappa shape index (κ2) is 3.09. The molecule has 4 saturated carbocycles. The summed E-state index contributed by atoms with van der Waals surface area (Å²) < 4.78 is 6.05. The highest BCUT2D eigenvalue weighted by Crippen LogP contribution is 2.60. The number of hydrogen-bond acceptors (Lipinski definition) is 3. The van der Waals surface area contributed by atoms with E-state index in [-0.39, 0.29) is 5.41 Å². The van der Waals surface area contributed by atoms with Crippen molar-refractivity contribution >= 4 is 15.9 Å². The molecule has 1 heterocycles. The average molecular weight is 283 g/mol. The van der Waals surface area contributed by atoms with Crippen LogP contribution >= 0.6 is 15.9 Å². The normalized spacial score (nSPS) is 45.2. The molecule has 0 aliphatic heterocycles. The molecule has 4 fully saturated rings. The molecule has 0 saturated heterocycles. The lowest BCUT2D eigenvalue weighted by Crippen LogP contribution is -2.48. The minimum absolute atomic E-state index is 0.244. The van der Waals surface area contributed by atoms with Crippen LogP contribution in [0.3, 0.4) is 0 Å². The maximum absolute atomic E-state index is 5.44. The van der Waals surface area contributed by atoms with E-state index in [0.717, 1.165) is 23.6 Å². The molecule has 86 valence electrons. The van der Waals surface area contributed by atoms with Crippen LogP contribution in [0.25, 0.3) is 0 Å². The van der Waals surface area contributed by atoms with E-state index in [0.29, 0.717) is 4.73 Å². The first-order chi connectivity index (χ1) is 7.73. The van der Waals surface area contributed by atoms with Gasteiger partial charge >= 0.3 is 0 Å². The molecule has 0 atom stereocenters. The van der Waals surface area contributed by atoms with Crippen molar-refractivity contribution in [2.24, 2.45) is 17.8 Å². The van der Waals surface area contributed by atoms with Crippen molar-refractivity contribution in [2.45, 2.75) is 43.9 Å². The van der Waals surface area contributed by atoms with Gasteiger partial charge < -0.3 is 4.52 Å². The smallest absolute Gasteiger partial charge is 0.238 e. The van der Waals surface area contributed by atoms with Gasteiger partial charge in [-0.1, -0.05) is 0 Å². The lowest BCUT2D eigenvalue weighted by molar-refractivity contribution is -0.0201. The molecule has 0 spiro atoms. The molecule has 4 aliphatic carbocycles. The van der Waals surface area contributed by atoms with Crippen molar-refractivity contribution in [1.29, 1.82) is 0 Å². The zero-order valence-electron chi connectivity index (χ0n) is 9.16. The van der Waals surface area contributed by atoms with E-state index in [1.54, 1.807) is 0 Å². The minimum atomic E-state index is 0.244. The van der Waals surface area contributed by atoms with Gasteiger partial charge in [-0.25, -0.2) is 0 Å². The average Bonchev–Trinajstić information content (AvgIpc) is 2.63. The van der Waals surface area contributed by atoms with Gasteiger partial charge in [-0.15, -0.1) is 0 Å². The molecular weight excluding hydrogens is 268 g/mol. The molecule has 16 heavy (non-hydrogen) atoms. The summed E-state index contributed by atoms with van der Waals surface area (Å²) in [5.74, 6) is 3.68. The van der Waals surface area contributed by atoms with Gasteiger partial charge in [0.05, 0.1) is 5.41 Å². The topological polar surface area (TPSA) is 38.9 Å². The summed E-state index contributed by atoms with van der Waals surface area (Å²) in [5.41, 5.74) is 0.244. The minimum Gasteiger partial charge on any atom is -0.338 e. The third kappa shape index (κ3) is 1.25. The summed E-state index contributed by atoms with van der Waals surface area (Å²) in [4.78, 5) is 4.44. The van der Waals surface area contributed by atoms with Crippen LogP contribution in [-0.2, 0) is 5.41 Å². The van der Waals surface area contributed by atoms with E-state index >= 15 is 0 Å². The Morgan fingerprint density at radius 3 is 2.06 bits per heavy atom. The first-order valence-corrected chi connectivity index (χ1v) is 7.02. The molecular formula is C12H15BrN2O. The first-order valence-electron chi connectivity index (χ1n) is 6.23. The summed E-state index contributed by atoms with van der Waals surface area (Å²) in [6.45, 7) is 0. The highest BCUT2D eigenvalue weighted by Gasteiger charge is 2.54. The van der Waals surface area contributed by atoms with Gasteiger partial charge in [-0.2, -0.15) is 4.98 Å². The van der Waals surface area contributed by atoms with Crippen molar-refractivity contribution in [3.8, 4) is 0 Å². The van der Waals surface area contributed by atoms with Crippen molar-refractivity contribution in [3.63, 3.8) is 0 Å². The van der Waals surface area contributed by atoms with Crippen LogP contribution in [0.15, 0.2) is 9.26 Å². The lowest BCUT2D eigenvalue weighted by atomic mass is 9.49. The maximum atomic E-state index is 5.44. The predicted molar refractivity (Wildman–Crippen MR) is 61.8 cm³/mol. The van der Waals surface area contributed by atoms with E-state index < -0.39 is 0 Å². The first kappa shape index (κ1) is 9.63. The van der Waals surface area contributed by atoms with Gasteiger partial charge in [0.15, 0.2) is 0 Å². The molecule has 1 aromatic heterocycles. The highest BCUT2D eigenvalue weighted by molar-refractivity contribution is 9.10.